The molecule has 1 aliphatic heterocycles. The van der Waals surface area contributed by atoms with Crippen molar-refractivity contribution >= 4 is 34.9 Å². The molecule has 9 heteroatoms. The molecule has 2 aromatic carbocycles. The Morgan fingerprint density at radius 2 is 1.93 bits per heavy atom. The quantitative estimate of drug-likeness (QED) is 0.551. The molecule has 0 bridgehead atoms. The second kappa shape index (κ2) is 7.46. The van der Waals surface area contributed by atoms with Crippen LogP contribution in [-0.2, 0) is 4.79 Å². The molecule has 1 atom stereocenters. The number of anilines is 1. The van der Waals surface area contributed by atoms with Crippen LogP contribution in [0, 0.1) is 10.1 Å². The van der Waals surface area contributed by atoms with Crippen molar-refractivity contribution in [1.82, 2.24) is 10.6 Å². The second-order valence-corrected chi connectivity index (χ2v) is 6.32. The summed E-state index contributed by atoms with van der Waals surface area (Å²) in [6, 6.07) is 11.0. The van der Waals surface area contributed by atoms with E-state index in [9.17, 15) is 19.7 Å². The van der Waals surface area contributed by atoms with E-state index in [0.717, 1.165) is 0 Å². The van der Waals surface area contributed by atoms with Crippen molar-refractivity contribution in [2.24, 2.45) is 0 Å². The highest BCUT2D eigenvalue weighted by Crippen LogP contribution is 2.29. The third-order valence-corrected chi connectivity index (χ3v) is 4.28. The number of amides is 3. The lowest BCUT2D eigenvalue weighted by molar-refractivity contribution is -0.384. The third-order valence-electron chi connectivity index (χ3n) is 4.03. The maximum atomic E-state index is 12.8. The Morgan fingerprint density at radius 1 is 1.22 bits per heavy atom. The van der Waals surface area contributed by atoms with Crippen LogP contribution in [0.5, 0.6) is 0 Å². The molecule has 1 heterocycles. The lowest BCUT2D eigenvalue weighted by atomic mass is 9.94. The van der Waals surface area contributed by atoms with Gasteiger partial charge in [0.25, 0.3) is 11.6 Å². The summed E-state index contributed by atoms with van der Waals surface area (Å²) in [5, 5.41) is 19.5. The van der Waals surface area contributed by atoms with E-state index in [4.69, 9.17) is 11.6 Å². The van der Waals surface area contributed by atoms with Crippen LogP contribution < -0.4 is 16.0 Å². The number of non-ortho nitro benzene ring substituents is 1. The normalized spacial score (nSPS) is 16.4. The van der Waals surface area contributed by atoms with E-state index in [0.29, 0.717) is 22.0 Å². The minimum Gasteiger partial charge on any atom is -0.327 e. The summed E-state index contributed by atoms with van der Waals surface area (Å²) < 4.78 is 0. The van der Waals surface area contributed by atoms with Gasteiger partial charge in [-0.25, -0.2) is 4.79 Å². The van der Waals surface area contributed by atoms with E-state index in [1.165, 1.54) is 18.2 Å². The minimum atomic E-state index is -0.828. The van der Waals surface area contributed by atoms with Crippen LogP contribution in [-0.4, -0.2) is 16.9 Å². The zero-order valence-corrected chi connectivity index (χ0v) is 14.9. The summed E-state index contributed by atoms with van der Waals surface area (Å²) in [6.45, 7) is 1.60. The van der Waals surface area contributed by atoms with Crippen LogP contribution in [0.2, 0.25) is 5.02 Å². The van der Waals surface area contributed by atoms with Crippen molar-refractivity contribution in [2.75, 3.05) is 5.32 Å². The fourth-order valence-corrected chi connectivity index (χ4v) is 2.92. The predicted molar refractivity (Wildman–Crippen MR) is 100 cm³/mol. The van der Waals surface area contributed by atoms with E-state index in [-0.39, 0.29) is 11.3 Å². The zero-order chi connectivity index (χ0) is 19.6. The maximum Gasteiger partial charge on any atom is 0.319 e. The van der Waals surface area contributed by atoms with E-state index in [2.05, 4.69) is 16.0 Å². The molecule has 0 radical (unpaired) electrons. The van der Waals surface area contributed by atoms with Crippen LogP contribution >= 0.6 is 11.6 Å². The van der Waals surface area contributed by atoms with Gasteiger partial charge < -0.3 is 16.0 Å². The number of rotatable bonds is 4. The molecule has 8 nitrogen and oxygen atoms in total. The van der Waals surface area contributed by atoms with Crippen molar-refractivity contribution in [3.63, 3.8) is 0 Å². The summed E-state index contributed by atoms with van der Waals surface area (Å²) in [7, 11) is 0. The Balaban J connectivity index is 1.96. The van der Waals surface area contributed by atoms with Crippen LogP contribution in [0.1, 0.15) is 18.5 Å². The largest absolute Gasteiger partial charge is 0.327 e. The number of nitro benzene ring substituents is 1. The highest BCUT2D eigenvalue weighted by Gasteiger charge is 2.31. The molecule has 138 valence electrons. The molecule has 1 aliphatic rings. The third kappa shape index (κ3) is 4.06. The van der Waals surface area contributed by atoms with Gasteiger partial charge in [-0.15, -0.1) is 0 Å². The number of nitro groups is 1. The van der Waals surface area contributed by atoms with Gasteiger partial charge in [0.1, 0.15) is 0 Å². The summed E-state index contributed by atoms with van der Waals surface area (Å²) in [6.07, 6.45) is 0. The number of hydrogen-bond donors (Lipinski definition) is 3. The van der Waals surface area contributed by atoms with E-state index < -0.39 is 22.9 Å². The van der Waals surface area contributed by atoms with Gasteiger partial charge >= 0.3 is 6.03 Å². The van der Waals surface area contributed by atoms with Gasteiger partial charge in [-0.05, 0) is 36.8 Å². The molecule has 0 spiro atoms. The Kier molecular flexibility index (Phi) is 5.09. The van der Waals surface area contributed by atoms with Crippen LogP contribution in [0.25, 0.3) is 0 Å². The average Bonchev–Trinajstić information content (AvgIpc) is 2.63. The fourth-order valence-electron chi connectivity index (χ4n) is 2.79. The van der Waals surface area contributed by atoms with Gasteiger partial charge in [-0.2, -0.15) is 0 Å². The molecule has 0 aliphatic carbocycles. The van der Waals surface area contributed by atoms with Gasteiger partial charge in [0.05, 0.1) is 16.5 Å². The van der Waals surface area contributed by atoms with Crippen molar-refractivity contribution in [3.05, 3.63) is 80.5 Å². The van der Waals surface area contributed by atoms with Crippen molar-refractivity contribution in [2.45, 2.75) is 13.0 Å². The fraction of sp³-hybridized carbons (Fsp3) is 0.111. The molecular formula is C18H15ClN4O4. The molecule has 27 heavy (non-hydrogen) atoms. The first-order chi connectivity index (χ1) is 12.8. The maximum absolute atomic E-state index is 12.8. The second-order valence-electron chi connectivity index (χ2n) is 5.88. The summed E-state index contributed by atoms with van der Waals surface area (Å²) in [5.41, 5.74) is 1.45. The highest BCUT2D eigenvalue weighted by molar-refractivity contribution is 6.30. The molecule has 0 unspecified atom stereocenters. The number of urea groups is 1. The Bertz CT molecular complexity index is 956. The Labute approximate surface area is 159 Å². The number of nitrogens with one attached hydrogen (secondary N) is 3. The lowest BCUT2D eigenvalue weighted by Gasteiger charge is -2.28. The van der Waals surface area contributed by atoms with E-state index in [1.54, 1.807) is 37.3 Å². The van der Waals surface area contributed by atoms with Gasteiger partial charge in [-0.3, -0.25) is 14.9 Å². The van der Waals surface area contributed by atoms with Crippen LogP contribution in [0.4, 0.5) is 16.2 Å². The SMILES string of the molecule is CC1=C(C(=O)Nc2ccc(Cl)cc2)[C@H](c2cccc([N+](=O)[O-])c2)NC(=O)N1. The summed E-state index contributed by atoms with van der Waals surface area (Å²) in [5.74, 6) is -0.446. The smallest absolute Gasteiger partial charge is 0.319 e. The van der Waals surface area contributed by atoms with Gasteiger partial charge in [0.2, 0.25) is 0 Å². The van der Waals surface area contributed by atoms with Gasteiger partial charge in [0.15, 0.2) is 0 Å². The number of carbonyl (C=O) groups excluding carboxylic acids is 2. The molecular weight excluding hydrogens is 372 g/mol. The lowest BCUT2D eigenvalue weighted by Crippen LogP contribution is -2.46. The predicted octanol–water partition coefficient (Wildman–Crippen LogP) is 3.51. The first-order valence-corrected chi connectivity index (χ1v) is 8.32. The number of hydrogen-bond acceptors (Lipinski definition) is 4. The molecule has 0 aromatic heterocycles. The molecule has 0 fully saturated rings. The Hall–Kier alpha value is -3.39. The topological polar surface area (TPSA) is 113 Å². The number of allylic oxidation sites excluding steroid dienone is 1. The number of halogens is 1. The van der Waals surface area contributed by atoms with Crippen LogP contribution in [0.3, 0.4) is 0 Å². The number of nitrogens with zero attached hydrogens (tertiary/aromatic N) is 1. The Morgan fingerprint density at radius 3 is 2.59 bits per heavy atom. The monoisotopic (exact) mass is 386 g/mol. The number of carbonyl (C=O) groups is 2. The van der Waals surface area contributed by atoms with Crippen molar-refractivity contribution < 1.29 is 14.5 Å². The molecule has 3 N–H and O–H groups in total. The van der Waals surface area contributed by atoms with E-state index in [1.807, 2.05) is 0 Å². The van der Waals surface area contributed by atoms with E-state index >= 15 is 0 Å². The standard InChI is InChI=1S/C18H15ClN4O4/c1-10-15(17(24)21-13-7-5-12(19)6-8-13)16(22-18(25)20-10)11-3-2-4-14(9-11)23(26)27/h2-9,16H,1H3,(H,21,24)(H2,20,22,25)/t16-/m0/s1. The molecule has 3 rings (SSSR count). The average molecular weight is 387 g/mol. The number of benzene rings is 2. The summed E-state index contributed by atoms with van der Waals surface area (Å²) in [4.78, 5) is 35.3. The van der Waals surface area contributed by atoms with Crippen molar-refractivity contribution in [3.8, 4) is 0 Å². The summed E-state index contributed by atoms with van der Waals surface area (Å²) >= 11 is 5.85. The van der Waals surface area contributed by atoms with Crippen molar-refractivity contribution in [1.29, 1.82) is 0 Å². The molecule has 0 saturated carbocycles. The molecule has 2 aromatic rings. The highest BCUT2D eigenvalue weighted by atomic mass is 35.5. The molecule has 3 amide bonds. The minimum absolute atomic E-state index is 0.129. The van der Waals surface area contributed by atoms with Crippen LogP contribution in [0.15, 0.2) is 59.8 Å². The first-order valence-electron chi connectivity index (χ1n) is 7.94. The van der Waals surface area contributed by atoms with Gasteiger partial charge in [-0.1, -0.05) is 23.7 Å². The zero-order valence-electron chi connectivity index (χ0n) is 14.2. The molecule has 0 saturated heterocycles. The first kappa shape index (κ1) is 18.4. The van der Waals surface area contributed by atoms with Gasteiger partial charge in [0, 0.05) is 28.5 Å².